The second-order valence-electron chi connectivity index (χ2n) is 4.00. The maximum atomic E-state index is 12.4. The summed E-state index contributed by atoms with van der Waals surface area (Å²) >= 11 is 0.917. The zero-order chi connectivity index (χ0) is 13.9. The van der Waals surface area contributed by atoms with Gasteiger partial charge in [0, 0.05) is 6.54 Å². The molecule has 104 valence electrons. The van der Waals surface area contributed by atoms with Crippen LogP contribution in [0.5, 0.6) is 5.75 Å². The molecule has 0 aliphatic rings. The molecule has 0 spiro atoms. The van der Waals surface area contributed by atoms with Crippen LogP contribution in [0.1, 0.15) is 20.8 Å². The molecule has 0 aromatic carbocycles. The molecule has 0 saturated heterocycles. The van der Waals surface area contributed by atoms with Gasteiger partial charge in [-0.05, 0) is 32.3 Å². The molecule has 0 amide bonds. The number of ether oxygens (including phenoxy) is 1. The molecule has 18 heavy (non-hydrogen) atoms. The maximum Gasteiger partial charge on any atom is 0.405 e. The predicted molar refractivity (Wildman–Crippen MR) is 66.2 cm³/mol. The summed E-state index contributed by atoms with van der Waals surface area (Å²) in [6, 6.07) is 0. The van der Waals surface area contributed by atoms with Crippen LogP contribution < -0.4 is 15.4 Å². The van der Waals surface area contributed by atoms with Crippen molar-refractivity contribution in [3.05, 3.63) is 0 Å². The quantitative estimate of drug-likeness (QED) is 0.902. The summed E-state index contributed by atoms with van der Waals surface area (Å²) in [6.45, 7) is 4.36. The zero-order valence-corrected chi connectivity index (χ0v) is 11.2. The second kappa shape index (κ2) is 5.64. The van der Waals surface area contributed by atoms with E-state index in [0.717, 1.165) is 16.4 Å². The first kappa shape index (κ1) is 14.9. The molecule has 1 rings (SSSR count). The zero-order valence-electron chi connectivity index (χ0n) is 10.4. The minimum Gasteiger partial charge on any atom is -0.484 e. The first-order valence-electron chi connectivity index (χ1n) is 5.48. The van der Waals surface area contributed by atoms with Gasteiger partial charge in [0.25, 0.3) is 0 Å². The van der Waals surface area contributed by atoms with Gasteiger partial charge in [-0.3, -0.25) is 0 Å². The van der Waals surface area contributed by atoms with E-state index in [1.165, 1.54) is 0 Å². The van der Waals surface area contributed by atoms with E-state index >= 15 is 0 Å². The van der Waals surface area contributed by atoms with E-state index in [4.69, 9.17) is 10.5 Å². The molecule has 4 nitrogen and oxygen atoms in total. The Morgan fingerprint density at radius 2 is 2.06 bits per heavy atom. The molecule has 1 aromatic rings. The van der Waals surface area contributed by atoms with Gasteiger partial charge in [0.05, 0.1) is 6.10 Å². The first-order chi connectivity index (χ1) is 8.24. The number of hydrogen-bond acceptors (Lipinski definition) is 5. The number of rotatable bonds is 5. The highest BCUT2D eigenvalue weighted by Crippen LogP contribution is 2.39. The molecular weight excluding hydrogens is 267 g/mol. The number of anilines is 2. The average molecular weight is 283 g/mol. The van der Waals surface area contributed by atoms with Crippen molar-refractivity contribution in [3.8, 4) is 5.75 Å². The van der Waals surface area contributed by atoms with Gasteiger partial charge in [-0.25, -0.2) is 0 Å². The van der Waals surface area contributed by atoms with Crippen LogP contribution in [0.3, 0.4) is 0 Å². The van der Waals surface area contributed by atoms with E-state index in [1.54, 1.807) is 20.8 Å². The van der Waals surface area contributed by atoms with Crippen LogP contribution in [-0.4, -0.2) is 29.7 Å². The third-order valence-corrected chi connectivity index (χ3v) is 2.95. The fourth-order valence-electron chi connectivity index (χ4n) is 1.38. The molecule has 0 radical (unpaired) electrons. The smallest absolute Gasteiger partial charge is 0.405 e. The normalized spacial score (nSPS) is 11.9. The van der Waals surface area contributed by atoms with Crippen molar-refractivity contribution in [2.45, 2.75) is 33.1 Å². The van der Waals surface area contributed by atoms with Crippen LogP contribution in [0.15, 0.2) is 0 Å². The topological polar surface area (TPSA) is 51.4 Å². The summed E-state index contributed by atoms with van der Waals surface area (Å²) in [6.07, 6.45) is -4.45. The molecule has 0 aliphatic carbocycles. The highest BCUT2D eigenvalue weighted by atomic mass is 32.1. The predicted octanol–water partition coefficient (Wildman–Crippen LogP) is 2.90. The molecule has 0 aliphatic heterocycles. The number of halogens is 3. The van der Waals surface area contributed by atoms with Gasteiger partial charge in [-0.15, -0.1) is 0 Å². The molecule has 1 aromatic heterocycles. The van der Waals surface area contributed by atoms with Crippen LogP contribution in [0.4, 0.5) is 24.0 Å². The third-order valence-electron chi connectivity index (χ3n) is 2.05. The molecule has 0 saturated carbocycles. The van der Waals surface area contributed by atoms with Crippen LogP contribution in [0.2, 0.25) is 0 Å². The summed E-state index contributed by atoms with van der Waals surface area (Å²) in [4.78, 5) is 1.16. The summed E-state index contributed by atoms with van der Waals surface area (Å²) in [5, 5.41) is 0.320. The van der Waals surface area contributed by atoms with E-state index < -0.39 is 12.7 Å². The summed E-state index contributed by atoms with van der Waals surface area (Å²) < 4.78 is 46.6. The van der Waals surface area contributed by atoms with Crippen LogP contribution in [0, 0.1) is 0 Å². The van der Waals surface area contributed by atoms with Crippen molar-refractivity contribution >= 4 is 22.4 Å². The lowest BCUT2D eigenvalue weighted by Crippen LogP contribution is -2.33. The Balaban J connectivity index is 2.99. The summed E-state index contributed by atoms with van der Waals surface area (Å²) in [7, 11) is 0. The van der Waals surface area contributed by atoms with Gasteiger partial charge in [0.1, 0.15) is 6.54 Å². The Bertz CT molecular complexity index is 392. The van der Waals surface area contributed by atoms with Gasteiger partial charge in [0.15, 0.2) is 16.6 Å². The maximum absolute atomic E-state index is 12.4. The summed E-state index contributed by atoms with van der Waals surface area (Å²) in [5.41, 5.74) is 5.61. The van der Waals surface area contributed by atoms with E-state index in [2.05, 4.69) is 4.37 Å². The highest BCUT2D eigenvalue weighted by molar-refractivity contribution is 7.11. The van der Waals surface area contributed by atoms with Gasteiger partial charge < -0.3 is 15.4 Å². The van der Waals surface area contributed by atoms with E-state index in [1.807, 2.05) is 0 Å². The van der Waals surface area contributed by atoms with Crippen molar-refractivity contribution in [3.63, 3.8) is 0 Å². The fourth-order valence-corrected chi connectivity index (χ4v) is 2.19. The second-order valence-corrected chi connectivity index (χ2v) is 4.75. The molecule has 0 fully saturated rings. The Kier molecular flexibility index (Phi) is 4.66. The average Bonchev–Trinajstić information content (AvgIpc) is 2.55. The fraction of sp³-hybridized carbons (Fsp3) is 0.700. The lowest BCUT2D eigenvalue weighted by molar-refractivity contribution is -0.119. The van der Waals surface area contributed by atoms with Crippen molar-refractivity contribution in [1.82, 2.24) is 4.37 Å². The standard InChI is InChI=1S/C10H16F3N3OS/c1-4-16(5-10(11,12)13)9-7(17-6(2)3)8(14)15-18-9/h6H,4-5H2,1-3H3,(H2,14,15). The number of nitrogen functional groups attached to an aromatic ring is 1. The highest BCUT2D eigenvalue weighted by Gasteiger charge is 2.32. The molecule has 8 heteroatoms. The monoisotopic (exact) mass is 283 g/mol. The Labute approximate surface area is 108 Å². The number of hydrogen-bond donors (Lipinski definition) is 1. The van der Waals surface area contributed by atoms with Crippen LogP contribution in [0.25, 0.3) is 0 Å². The number of aromatic nitrogens is 1. The Hall–Kier alpha value is -1.18. The van der Waals surface area contributed by atoms with Gasteiger partial charge in [0.2, 0.25) is 0 Å². The van der Waals surface area contributed by atoms with E-state index in [0.29, 0.717) is 5.00 Å². The minimum absolute atomic E-state index is 0.129. The molecule has 1 heterocycles. The third kappa shape index (κ3) is 3.94. The van der Waals surface area contributed by atoms with Crippen molar-refractivity contribution < 1.29 is 17.9 Å². The molecule has 2 N–H and O–H groups in total. The molecular formula is C10H16F3N3OS. The van der Waals surface area contributed by atoms with Gasteiger partial charge in [-0.1, -0.05) is 0 Å². The Morgan fingerprint density at radius 1 is 1.44 bits per heavy atom. The van der Waals surface area contributed by atoms with Crippen molar-refractivity contribution in [2.75, 3.05) is 23.7 Å². The number of nitrogens with two attached hydrogens (primary N) is 1. The molecule has 0 unspecified atom stereocenters. The van der Waals surface area contributed by atoms with E-state index in [9.17, 15) is 13.2 Å². The van der Waals surface area contributed by atoms with Crippen molar-refractivity contribution in [1.29, 1.82) is 0 Å². The number of alkyl halides is 3. The SMILES string of the molecule is CCN(CC(F)(F)F)c1snc(N)c1OC(C)C. The number of nitrogens with zero attached hydrogens (tertiary/aromatic N) is 2. The lowest BCUT2D eigenvalue weighted by Gasteiger charge is -2.23. The van der Waals surface area contributed by atoms with E-state index in [-0.39, 0.29) is 24.2 Å². The minimum atomic E-state index is -4.27. The van der Waals surface area contributed by atoms with Gasteiger partial charge >= 0.3 is 6.18 Å². The van der Waals surface area contributed by atoms with Crippen molar-refractivity contribution in [2.24, 2.45) is 0 Å². The lowest BCUT2D eigenvalue weighted by atomic mass is 10.4. The Morgan fingerprint density at radius 3 is 2.50 bits per heavy atom. The van der Waals surface area contributed by atoms with Gasteiger partial charge in [-0.2, -0.15) is 17.5 Å². The molecule has 0 bridgehead atoms. The van der Waals surface area contributed by atoms with Crippen LogP contribution >= 0.6 is 11.5 Å². The largest absolute Gasteiger partial charge is 0.484 e. The first-order valence-corrected chi connectivity index (χ1v) is 6.25. The molecule has 0 atom stereocenters. The van der Waals surface area contributed by atoms with Crippen LogP contribution in [-0.2, 0) is 0 Å². The summed E-state index contributed by atoms with van der Waals surface area (Å²) in [5.74, 6) is 0.366.